The number of benzene rings is 1. The number of carbonyl (C=O) groups excluding carboxylic acids is 2. The number of carbonyl (C=O) groups is 2. The second kappa shape index (κ2) is 6.52. The van der Waals surface area contributed by atoms with Gasteiger partial charge in [0.2, 0.25) is 5.91 Å². The Morgan fingerprint density at radius 3 is 2.77 bits per heavy atom. The number of nitrogens with one attached hydrogen (secondary N) is 1. The van der Waals surface area contributed by atoms with E-state index in [1.807, 2.05) is 6.92 Å². The molecule has 0 spiro atoms. The largest absolute Gasteiger partial charge is 0.339 e. The van der Waals surface area contributed by atoms with Crippen molar-refractivity contribution in [2.24, 2.45) is 0 Å². The summed E-state index contributed by atoms with van der Waals surface area (Å²) in [5, 5.41) is 2.78. The van der Waals surface area contributed by atoms with Crippen molar-refractivity contribution in [1.82, 2.24) is 9.80 Å². The number of hydrogen-bond donors (Lipinski definition) is 1. The maximum absolute atomic E-state index is 13.4. The summed E-state index contributed by atoms with van der Waals surface area (Å²) in [5.74, 6) is -0.506. The van der Waals surface area contributed by atoms with E-state index in [9.17, 15) is 14.0 Å². The number of halogens is 2. The van der Waals surface area contributed by atoms with E-state index < -0.39 is 17.9 Å². The predicted molar refractivity (Wildman–Crippen MR) is 83.6 cm³/mol. The van der Waals surface area contributed by atoms with Crippen LogP contribution in [-0.2, 0) is 4.79 Å². The summed E-state index contributed by atoms with van der Waals surface area (Å²) in [6.07, 6.45) is 0. The van der Waals surface area contributed by atoms with E-state index in [2.05, 4.69) is 5.32 Å². The van der Waals surface area contributed by atoms with Crippen molar-refractivity contribution in [3.05, 3.63) is 28.5 Å². The van der Waals surface area contributed by atoms with Crippen molar-refractivity contribution in [1.29, 1.82) is 0 Å². The Morgan fingerprint density at radius 1 is 1.45 bits per heavy atom. The number of rotatable bonds is 2. The Kier molecular flexibility index (Phi) is 4.90. The van der Waals surface area contributed by atoms with Gasteiger partial charge in [-0.3, -0.25) is 4.79 Å². The summed E-state index contributed by atoms with van der Waals surface area (Å²) in [6.45, 7) is 6.77. The molecule has 0 aromatic heterocycles. The number of piperazine rings is 1. The molecule has 0 radical (unpaired) electrons. The minimum atomic E-state index is -0.533. The lowest BCUT2D eigenvalue weighted by molar-refractivity contribution is -0.138. The number of urea groups is 1. The van der Waals surface area contributed by atoms with Crippen molar-refractivity contribution in [2.45, 2.75) is 26.8 Å². The van der Waals surface area contributed by atoms with Crippen LogP contribution in [0.4, 0.5) is 14.9 Å². The molecule has 1 N–H and O–H groups in total. The molecule has 1 fully saturated rings. The Labute approximate surface area is 134 Å². The highest BCUT2D eigenvalue weighted by Gasteiger charge is 2.33. The first kappa shape index (κ1) is 16.5. The van der Waals surface area contributed by atoms with Crippen LogP contribution in [0, 0.1) is 12.7 Å². The van der Waals surface area contributed by atoms with E-state index in [1.165, 1.54) is 11.0 Å². The molecule has 1 aromatic rings. The summed E-state index contributed by atoms with van der Waals surface area (Å²) in [7, 11) is 0. The molecular formula is C15H19ClFN3O2. The normalized spacial score (nSPS) is 18.6. The molecule has 1 aromatic carbocycles. The van der Waals surface area contributed by atoms with Gasteiger partial charge in [0.05, 0.1) is 10.7 Å². The van der Waals surface area contributed by atoms with Crippen molar-refractivity contribution in [3.63, 3.8) is 0 Å². The number of likely N-dealkylation sites (N-methyl/N-ethyl adjacent to an activating group) is 1. The van der Waals surface area contributed by atoms with Gasteiger partial charge in [0.25, 0.3) is 0 Å². The number of anilines is 1. The van der Waals surface area contributed by atoms with Gasteiger partial charge in [-0.2, -0.15) is 0 Å². The van der Waals surface area contributed by atoms with E-state index >= 15 is 0 Å². The highest BCUT2D eigenvalue weighted by molar-refractivity contribution is 6.33. The standard InChI is InChI=1S/C15H19ClFN3O2/c1-4-19-5-6-20(10(3)14(19)21)15(22)18-13-7-9(2)12(17)8-11(13)16/h7-8,10H,4-6H2,1-3H3,(H,18,22)/t10-/m1/s1. The van der Waals surface area contributed by atoms with E-state index in [-0.39, 0.29) is 10.9 Å². The SMILES string of the molecule is CCN1CCN(C(=O)Nc2cc(C)c(F)cc2Cl)[C@H](C)C1=O. The highest BCUT2D eigenvalue weighted by atomic mass is 35.5. The van der Waals surface area contributed by atoms with Gasteiger partial charge in [0.1, 0.15) is 11.9 Å². The Morgan fingerprint density at radius 2 is 2.14 bits per heavy atom. The third-order valence-corrected chi connectivity index (χ3v) is 4.19. The molecular weight excluding hydrogens is 309 g/mol. The lowest BCUT2D eigenvalue weighted by Gasteiger charge is -2.38. The molecule has 1 saturated heterocycles. The van der Waals surface area contributed by atoms with Crippen LogP contribution in [0.3, 0.4) is 0 Å². The number of amides is 3. The van der Waals surface area contributed by atoms with Crippen LogP contribution in [0.25, 0.3) is 0 Å². The van der Waals surface area contributed by atoms with Crippen LogP contribution < -0.4 is 5.32 Å². The minimum absolute atomic E-state index is 0.0784. The van der Waals surface area contributed by atoms with Gasteiger partial charge in [-0.25, -0.2) is 9.18 Å². The maximum Gasteiger partial charge on any atom is 0.322 e. The summed E-state index contributed by atoms with van der Waals surface area (Å²) >= 11 is 5.95. The second-order valence-corrected chi connectivity index (χ2v) is 5.71. The molecule has 0 unspecified atom stereocenters. The lowest BCUT2D eigenvalue weighted by atomic mass is 10.2. The van der Waals surface area contributed by atoms with Gasteiger partial charge >= 0.3 is 6.03 Å². The number of nitrogens with zero attached hydrogens (tertiary/aromatic N) is 2. The summed E-state index contributed by atoms with van der Waals surface area (Å²) < 4.78 is 13.4. The van der Waals surface area contributed by atoms with Crippen LogP contribution in [0.15, 0.2) is 12.1 Å². The van der Waals surface area contributed by atoms with Crippen LogP contribution in [0.1, 0.15) is 19.4 Å². The third-order valence-electron chi connectivity index (χ3n) is 3.88. The van der Waals surface area contributed by atoms with Gasteiger partial charge < -0.3 is 15.1 Å². The average Bonchev–Trinajstić information content (AvgIpc) is 2.47. The first-order chi connectivity index (χ1) is 10.3. The van der Waals surface area contributed by atoms with E-state index in [4.69, 9.17) is 11.6 Å². The molecule has 1 heterocycles. The minimum Gasteiger partial charge on any atom is -0.339 e. The number of hydrogen-bond acceptors (Lipinski definition) is 2. The topological polar surface area (TPSA) is 52.6 Å². The highest BCUT2D eigenvalue weighted by Crippen LogP contribution is 2.26. The van der Waals surface area contributed by atoms with Crippen molar-refractivity contribution in [2.75, 3.05) is 25.0 Å². The number of aryl methyl sites for hydroxylation is 1. The molecule has 0 bridgehead atoms. The first-order valence-corrected chi connectivity index (χ1v) is 7.55. The Balaban J connectivity index is 2.13. The fourth-order valence-corrected chi connectivity index (χ4v) is 2.66. The molecule has 0 saturated carbocycles. The smallest absolute Gasteiger partial charge is 0.322 e. The zero-order chi connectivity index (χ0) is 16.4. The summed E-state index contributed by atoms with van der Waals surface area (Å²) in [4.78, 5) is 27.7. The van der Waals surface area contributed by atoms with Gasteiger partial charge in [-0.1, -0.05) is 11.6 Å². The molecule has 120 valence electrons. The van der Waals surface area contributed by atoms with Crippen LogP contribution in [-0.4, -0.2) is 47.4 Å². The molecule has 1 aliphatic heterocycles. The monoisotopic (exact) mass is 327 g/mol. The average molecular weight is 328 g/mol. The van der Waals surface area contributed by atoms with Crippen LogP contribution in [0.5, 0.6) is 0 Å². The second-order valence-electron chi connectivity index (χ2n) is 5.30. The molecule has 22 heavy (non-hydrogen) atoms. The third kappa shape index (κ3) is 3.16. The molecule has 0 aliphatic carbocycles. The summed E-state index contributed by atoms with van der Waals surface area (Å²) in [5.41, 5.74) is 0.725. The van der Waals surface area contributed by atoms with Gasteiger partial charge in [-0.05, 0) is 38.5 Å². The van der Waals surface area contributed by atoms with Gasteiger partial charge in [0.15, 0.2) is 0 Å². The van der Waals surface area contributed by atoms with E-state index in [0.717, 1.165) is 6.07 Å². The quantitative estimate of drug-likeness (QED) is 0.908. The van der Waals surface area contributed by atoms with Gasteiger partial charge in [-0.15, -0.1) is 0 Å². The van der Waals surface area contributed by atoms with Crippen molar-refractivity contribution < 1.29 is 14.0 Å². The van der Waals surface area contributed by atoms with Gasteiger partial charge in [0, 0.05) is 19.6 Å². The molecule has 5 nitrogen and oxygen atoms in total. The van der Waals surface area contributed by atoms with Crippen LogP contribution in [0.2, 0.25) is 5.02 Å². The van der Waals surface area contributed by atoms with E-state index in [0.29, 0.717) is 30.9 Å². The fraction of sp³-hybridized carbons (Fsp3) is 0.467. The molecule has 2 rings (SSSR count). The molecule has 7 heteroatoms. The molecule has 3 amide bonds. The Bertz CT molecular complexity index is 609. The molecule has 1 atom stereocenters. The lowest BCUT2D eigenvalue weighted by Crippen LogP contribution is -2.58. The zero-order valence-corrected chi connectivity index (χ0v) is 13.6. The van der Waals surface area contributed by atoms with Crippen molar-refractivity contribution in [3.8, 4) is 0 Å². The maximum atomic E-state index is 13.4. The summed E-state index contributed by atoms with van der Waals surface area (Å²) in [6, 6.07) is 1.69. The fourth-order valence-electron chi connectivity index (χ4n) is 2.46. The Hall–Kier alpha value is -1.82. The first-order valence-electron chi connectivity index (χ1n) is 7.17. The molecule has 1 aliphatic rings. The van der Waals surface area contributed by atoms with E-state index in [1.54, 1.807) is 18.7 Å². The predicted octanol–water partition coefficient (Wildman–Crippen LogP) is 2.87. The van der Waals surface area contributed by atoms with Crippen LogP contribution >= 0.6 is 11.6 Å². The zero-order valence-electron chi connectivity index (χ0n) is 12.8. The van der Waals surface area contributed by atoms with Crippen molar-refractivity contribution >= 4 is 29.2 Å².